The van der Waals surface area contributed by atoms with Gasteiger partial charge in [-0.2, -0.15) is 0 Å². The lowest BCUT2D eigenvalue weighted by molar-refractivity contribution is -0.128. The summed E-state index contributed by atoms with van der Waals surface area (Å²) in [7, 11) is 0. The van der Waals surface area contributed by atoms with E-state index in [1.54, 1.807) is 12.1 Å². The van der Waals surface area contributed by atoms with Crippen molar-refractivity contribution in [2.24, 2.45) is 11.7 Å². The van der Waals surface area contributed by atoms with Crippen molar-refractivity contribution < 1.29 is 4.79 Å². The van der Waals surface area contributed by atoms with Gasteiger partial charge in [0.1, 0.15) is 0 Å². The van der Waals surface area contributed by atoms with Crippen molar-refractivity contribution >= 4 is 5.78 Å². The van der Waals surface area contributed by atoms with Crippen LogP contribution in [0.25, 0.3) is 0 Å². The second-order valence-electron chi connectivity index (χ2n) is 4.88. The minimum Gasteiger partial charge on any atom is -0.317 e. The predicted octanol–water partition coefficient (Wildman–Crippen LogP) is 1.23. The van der Waals surface area contributed by atoms with Gasteiger partial charge in [0.05, 0.1) is 5.54 Å². The summed E-state index contributed by atoms with van der Waals surface area (Å²) < 4.78 is 0. The first-order chi connectivity index (χ1) is 8.12. The van der Waals surface area contributed by atoms with Gasteiger partial charge in [-0.1, -0.05) is 24.3 Å². The maximum Gasteiger partial charge on any atom is 0.160 e. The van der Waals surface area contributed by atoms with E-state index in [2.05, 4.69) is 11.4 Å². The molecule has 2 rings (SSSR count). The van der Waals surface area contributed by atoms with Crippen molar-refractivity contribution in [3.05, 3.63) is 35.9 Å². The fourth-order valence-corrected chi connectivity index (χ4v) is 2.38. The third-order valence-electron chi connectivity index (χ3n) is 3.54. The lowest BCUT2D eigenvalue weighted by atomic mass is 9.79. The number of ketones is 1. The van der Waals surface area contributed by atoms with Crippen LogP contribution < -0.4 is 11.1 Å². The molecule has 1 atom stereocenters. The van der Waals surface area contributed by atoms with Crippen molar-refractivity contribution in [2.45, 2.75) is 25.3 Å². The monoisotopic (exact) mass is 231 g/mol. The van der Waals surface area contributed by atoms with E-state index in [9.17, 15) is 4.79 Å². The van der Waals surface area contributed by atoms with E-state index in [1.807, 2.05) is 19.1 Å². The van der Waals surface area contributed by atoms with E-state index < -0.39 is 5.54 Å². The number of hydrogen-bond acceptors (Lipinski definition) is 3. The van der Waals surface area contributed by atoms with Gasteiger partial charge in [0, 0.05) is 5.92 Å². The molecule has 1 saturated heterocycles. The quantitative estimate of drug-likeness (QED) is 0.822. The average Bonchev–Trinajstić information content (AvgIpc) is 2.40. The zero-order valence-electron chi connectivity index (χ0n) is 10.2. The van der Waals surface area contributed by atoms with E-state index in [0.717, 1.165) is 31.5 Å². The standard InChI is InChI=1S/C14H19N2O/c1-14(15,12-5-3-2-4-6-12)13(17)11-7-9-16-10-8-11/h3-6,11,16H,7-10,15H2,1H3. The number of Topliss-reactive ketones (excluding diaryl/α,β-unsaturated/α-hetero) is 1. The van der Waals surface area contributed by atoms with E-state index in [4.69, 9.17) is 5.73 Å². The normalized spacial score (nSPS) is 20.8. The van der Waals surface area contributed by atoms with Gasteiger partial charge in [0.15, 0.2) is 5.78 Å². The molecule has 3 nitrogen and oxygen atoms in total. The molecule has 0 aliphatic carbocycles. The van der Waals surface area contributed by atoms with Crippen LogP contribution in [0.4, 0.5) is 0 Å². The first kappa shape index (κ1) is 12.3. The Morgan fingerprint density at radius 1 is 1.41 bits per heavy atom. The third-order valence-corrected chi connectivity index (χ3v) is 3.54. The van der Waals surface area contributed by atoms with Gasteiger partial charge in [-0.15, -0.1) is 0 Å². The Kier molecular flexibility index (Phi) is 3.60. The van der Waals surface area contributed by atoms with Gasteiger partial charge in [0.25, 0.3) is 0 Å². The first-order valence-electron chi connectivity index (χ1n) is 6.13. The SMILES string of the molecule is CC(N)(C(=O)C1CCNCC1)c1cc[c]cc1. The summed E-state index contributed by atoms with van der Waals surface area (Å²) in [6, 6.07) is 10.3. The fourth-order valence-electron chi connectivity index (χ4n) is 2.38. The molecule has 1 radical (unpaired) electrons. The molecule has 91 valence electrons. The molecule has 1 aliphatic heterocycles. The van der Waals surface area contributed by atoms with Gasteiger partial charge >= 0.3 is 0 Å². The Hall–Kier alpha value is -1.19. The minimum absolute atomic E-state index is 0.0930. The Morgan fingerprint density at radius 2 is 2.00 bits per heavy atom. The number of nitrogens with one attached hydrogen (secondary N) is 1. The van der Waals surface area contributed by atoms with Crippen LogP contribution in [0.2, 0.25) is 0 Å². The maximum absolute atomic E-state index is 12.5. The molecule has 3 N–H and O–H groups in total. The maximum atomic E-state index is 12.5. The second-order valence-corrected chi connectivity index (χ2v) is 4.88. The molecule has 0 aromatic heterocycles. The highest BCUT2D eigenvalue weighted by atomic mass is 16.1. The van der Waals surface area contributed by atoms with Crippen LogP contribution in [0, 0.1) is 12.0 Å². The van der Waals surface area contributed by atoms with Crippen LogP contribution in [0.15, 0.2) is 24.3 Å². The summed E-state index contributed by atoms with van der Waals surface area (Å²) >= 11 is 0. The first-order valence-corrected chi connectivity index (χ1v) is 6.13. The summed E-state index contributed by atoms with van der Waals surface area (Å²) in [6.07, 6.45) is 1.79. The van der Waals surface area contributed by atoms with Crippen LogP contribution in [0.3, 0.4) is 0 Å². The molecular formula is C14H19N2O. The van der Waals surface area contributed by atoms with Crippen molar-refractivity contribution in [3.8, 4) is 0 Å². The van der Waals surface area contributed by atoms with E-state index in [0.29, 0.717) is 0 Å². The molecule has 0 amide bonds. The number of nitrogens with two attached hydrogens (primary N) is 1. The minimum atomic E-state index is -0.878. The molecule has 0 saturated carbocycles. The molecule has 0 spiro atoms. The summed E-state index contributed by atoms with van der Waals surface area (Å²) in [4.78, 5) is 12.5. The number of piperidine rings is 1. The highest BCUT2D eigenvalue weighted by Crippen LogP contribution is 2.26. The van der Waals surface area contributed by atoms with Crippen molar-refractivity contribution in [2.75, 3.05) is 13.1 Å². The molecule has 0 bridgehead atoms. The summed E-state index contributed by atoms with van der Waals surface area (Å²) in [5, 5.41) is 3.26. The Bertz CT molecular complexity index is 380. The lowest BCUT2D eigenvalue weighted by Crippen LogP contribution is -2.47. The topological polar surface area (TPSA) is 55.1 Å². The zero-order valence-corrected chi connectivity index (χ0v) is 10.2. The van der Waals surface area contributed by atoms with E-state index in [-0.39, 0.29) is 11.7 Å². The van der Waals surface area contributed by atoms with Gasteiger partial charge in [0.2, 0.25) is 0 Å². The van der Waals surface area contributed by atoms with Crippen LogP contribution in [0.5, 0.6) is 0 Å². The highest BCUT2D eigenvalue weighted by molar-refractivity contribution is 5.91. The largest absolute Gasteiger partial charge is 0.317 e. The number of carbonyl (C=O) groups excluding carboxylic acids is 1. The number of benzene rings is 1. The molecule has 1 fully saturated rings. The molecule has 1 heterocycles. The lowest BCUT2D eigenvalue weighted by Gasteiger charge is -2.30. The molecule has 1 unspecified atom stereocenters. The average molecular weight is 231 g/mol. The van der Waals surface area contributed by atoms with Gasteiger partial charge in [-0.25, -0.2) is 0 Å². The highest BCUT2D eigenvalue weighted by Gasteiger charge is 2.35. The van der Waals surface area contributed by atoms with Crippen molar-refractivity contribution in [3.63, 3.8) is 0 Å². The predicted molar refractivity (Wildman–Crippen MR) is 67.4 cm³/mol. The smallest absolute Gasteiger partial charge is 0.160 e. The summed E-state index contributed by atoms with van der Waals surface area (Å²) in [5.41, 5.74) is 6.23. The second kappa shape index (κ2) is 4.98. The van der Waals surface area contributed by atoms with Gasteiger partial charge in [-0.05, 0) is 44.5 Å². The molecule has 1 aliphatic rings. The summed E-state index contributed by atoms with van der Waals surface area (Å²) in [5.74, 6) is 0.251. The van der Waals surface area contributed by atoms with E-state index in [1.165, 1.54) is 0 Å². The molecule has 1 aromatic carbocycles. The molecular weight excluding hydrogens is 212 g/mol. The Morgan fingerprint density at radius 3 is 2.59 bits per heavy atom. The number of rotatable bonds is 3. The van der Waals surface area contributed by atoms with Crippen molar-refractivity contribution in [1.82, 2.24) is 5.32 Å². The summed E-state index contributed by atoms with van der Waals surface area (Å²) in [6.45, 7) is 3.64. The Balaban J connectivity index is 2.17. The van der Waals surface area contributed by atoms with E-state index >= 15 is 0 Å². The molecule has 3 heteroatoms. The molecule has 1 aromatic rings. The molecule has 17 heavy (non-hydrogen) atoms. The van der Waals surface area contributed by atoms with Crippen LogP contribution in [-0.2, 0) is 10.3 Å². The van der Waals surface area contributed by atoms with Crippen LogP contribution in [0.1, 0.15) is 25.3 Å². The van der Waals surface area contributed by atoms with Crippen molar-refractivity contribution in [1.29, 1.82) is 0 Å². The zero-order chi connectivity index (χ0) is 12.3. The van der Waals surface area contributed by atoms with Gasteiger partial charge < -0.3 is 11.1 Å². The Labute approximate surface area is 102 Å². The van der Waals surface area contributed by atoms with Crippen LogP contribution >= 0.6 is 0 Å². The fraction of sp³-hybridized carbons (Fsp3) is 0.500. The number of hydrogen-bond donors (Lipinski definition) is 2. The number of carbonyl (C=O) groups is 1. The van der Waals surface area contributed by atoms with Gasteiger partial charge in [-0.3, -0.25) is 4.79 Å². The van der Waals surface area contributed by atoms with Crippen LogP contribution in [-0.4, -0.2) is 18.9 Å². The third kappa shape index (κ3) is 2.56.